The Balaban J connectivity index is 2.21. The Bertz CT molecular complexity index is 533. The van der Waals surface area contributed by atoms with E-state index in [4.69, 9.17) is 4.74 Å². The molecule has 1 aliphatic rings. The molecule has 0 aromatic carbocycles. The van der Waals surface area contributed by atoms with Crippen molar-refractivity contribution in [2.24, 2.45) is 0 Å². The topological polar surface area (TPSA) is 55.4 Å². The molecule has 0 fully saturated rings. The third kappa shape index (κ3) is 3.10. The highest BCUT2D eigenvalue weighted by Crippen LogP contribution is 2.39. The number of aryl methyl sites for hydroxylation is 1. The monoisotopic (exact) mass is 293 g/mol. The highest BCUT2D eigenvalue weighted by molar-refractivity contribution is 7.17. The van der Waals surface area contributed by atoms with Gasteiger partial charge in [0.05, 0.1) is 12.2 Å². The van der Waals surface area contributed by atoms with Gasteiger partial charge in [0.15, 0.2) is 0 Å². The van der Waals surface area contributed by atoms with Gasteiger partial charge in [-0.3, -0.25) is 4.79 Å². The Labute approximate surface area is 122 Å². The summed E-state index contributed by atoms with van der Waals surface area (Å²) in [5.74, 6) is -0.415. The summed E-state index contributed by atoms with van der Waals surface area (Å²) in [6.45, 7) is 5.72. The molecule has 0 saturated carbocycles. The minimum Gasteiger partial charge on any atom is -0.462 e. The number of esters is 1. The van der Waals surface area contributed by atoms with Crippen LogP contribution >= 0.6 is 11.3 Å². The molecular weight excluding hydrogens is 274 g/mol. The van der Waals surface area contributed by atoms with Crippen molar-refractivity contribution in [3.05, 3.63) is 28.7 Å². The summed E-state index contributed by atoms with van der Waals surface area (Å²) in [6, 6.07) is 0. The number of allylic oxidation sites excluding steroid dienone is 1. The number of nitrogens with one attached hydrogen (secondary N) is 1. The van der Waals surface area contributed by atoms with Crippen molar-refractivity contribution in [1.29, 1.82) is 0 Å². The second-order valence-corrected chi connectivity index (χ2v) is 5.76. The first-order chi connectivity index (χ1) is 9.67. The van der Waals surface area contributed by atoms with E-state index in [9.17, 15) is 9.59 Å². The Kier molecular flexibility index (Phi) is 4.95. The van der Waals surface area contributed by atoms with E-state index >= 15 is 0 Å². The summed E-state index contributed by atoms with van der Waals surface area (Å²) in [5, 5.41) is 3.49. The molecule has 1 N–H and O–H groups in total. The number of carbonyl (C=O) groups is 2. The van der Waals surface area contributed by atoms with Crippen molar-refractivity contribution in [1.82, 2.24) is 0 Å². The number of fused-ring (bicyclic) bond motifs is 1. The molecule has 1 aromatic heterocycles. The SMILES string of the molecule is C=CCCC(=O)Nc1sc2c(c1C(=O)OCC)CCC2. The van der Waals surface area contributed by atoms with E-state index in [1.54, 1.807) is 13.0 Å². The molecule has 0 radical (unpaired) electrons. The Morgan fingerprint density at radius 2 is 2.25 bits per heavy atom. The second kappa shape index (κ2) is 6.70. The maximum absolute atomic E-state index is 12.1. The van der Waals surface area contributed by atoms with Gasteiger partial charge in [0.25, 0.3) is 0 Å². The summed E-state index contributed by atoms with van der Waals surface area (Å²) >= 11 is 1.51. The van der Waals surface area contributed by atoms with Crippen molar-refractivity contribution in [2.75, 3.05) is 11.9 Å². The van der Waals surface area contributed by atoms with Crippen LogP contribution in [0.2, 0.25) is 0 Å². The molecule has 1 aromatic rings. The molecule has 108 valence electrons. The molecule has 4 nitrogen and oxygen atoms in total. The van der Waals surface area contributed by atoms with Crippen LogP contribution in [0.3, 0.4) is 0 Å². The smallest absolute Gasteiger partial charge is 0.341 e. The number of thiophene rings is 1. The van der Waals surface area contributed by atoms with Gasteiger partial charge < -0.3 is 10.1 Å². The zero-order valence-electron chi connectivity index (χ0n) is 11.7. The predicted molar refractivity (Wildman–Crippen MR) is 80.4 cm³/mol. The van der Waals surface area contributed by atoms with Crippen molar-refractivity contribution in [2.45, 2.75) is 39.0 Å². The predicted octanol–water partition coefficient (Wildman–Crippen LogP) is 3.32. The van der Waals surface area contributed by atoms with Crippen LogP contribution in [0.25, 0.3) is 0 Å². The summed E-state index contributed by atoms with van der Waals surface area (Å²) in [6.07, 6.45) is 5.66. The molecule has 5 heteroatoms. The number of rotatable bonds is 6. The van der Waals surface area contributed by atoms with Crippen molar-refractivity contribution in [3.8, 4) is 0 Å². The van der Waals surface area contributed by atoms with Gasteiger partial charge in [-0.1, -0.05) is 6.08 Å². The molecule has 0 saturated heterocycles. The first-order valence-electron chi connectivity index (χ1n) is 6.89. The van der Waals surface area contributed by atoms with Crippen LogP contribution in [-0.2, 0) is 22.4 Å². The van der Waals surface area contributed by atoms with Gasteiger partial charge in [0.2, 0.25) is 5.91 Å². The maximum Gasteiger partial charge on any atom is 0.341 e. The molecule has 0 atom stereocenters. The number of amides is 1. The number of hydrogen-bond donors (Lipinski definition) is 1. The van der Waals surface area contributed by atoms with Crippen LogP contribution in [0, 0.1) is 0 Å². The molecule has 0 unspecified atom stereocenters. The van der Waals surface area contributed by atoms with Crippen molar-refractivity contribution >= 4 is 28.2 Å². The number of anilines is 1. The third-order valence-electron chi connectivity index (χ3n) is 3.23. The largest absolute Gasteiger partial charge is 0.462 e. The summed E-state index contributed by atoms with van der Waals surface area (Å²) in [4.78, 5) is 25.1. The van der Waals surface area contributed by atoms with Crippen LogP contribution in [0.1, 0.15) is 47.0 Å². The van der Waals surface area contributed by atoms with Crippen molar-refractivity contribution in [3.63, 3.8) is 0 Å². The van der Waals surface area contributed by atoms with Crippen LogP contribution < -0.4 is 5.32 Å². The normalized spacial score (nSPS) is 12.8. The molecule has 0 spiro atoms. The average molecular weight is 293 g/mol. The lowest BCUT2D eigenvalue weighted by Crippen LogP contribution is -2.14. The zero-order chi connectivity index (χ0) is 14.5. The maximum atomic E-state index is 12.1. The fourth-order valence-corrected chi connectivity index (χ4v) is 3.63. The Morgan fingerprint density at radius 3 is 2.95 bits per heavy atom. The molecule has 0 bridgehead atoms. The molecule has 2 rings (SSSR count). The highest BCUT2D eigenvalue weighted by Gasteiger charge is 2.28. The molecule has 20 heavy (non-hydrogen) atoms. The molecule has 0 aliphatic heterocycles. The van der Waals surface area contributed by atoms with Crippen molar-refractivity contribution < 1.29 is 14.3 Å². The Morgan fingerprint density at radius 1 is 1.45 bits per heavy atom. The Hall–Kier alpha value is -1.62. The van der Waals surface area contributed by atoms with Gasteiger partial charge in [-0.2, -0.15) is 0 Å². The van der Waals surface area contributed by atoms with Crippen LogP contribution in [0.5, 0.6) is 0 Å². The minimum absolute atomic E-state index is 0.0876. The standard InChI is InChI=1S/C15H19NO3S/c1-3-5-9-12(17)16-14-13(15(18)19-4-2)10-7-6-8-11(10)20-14/h3H,1,4-9H2,2H3,(H,16,17). The molecule has 1 aliphatic carbocycles. The van der Waals surface area contributed by atoms with Crippen LogP contribution in [-0.4, -0.2) is 18.5 Å². The average Bonchev–Trinajstić information content (AvgIpc) is 2.96. The van der Waals surface area contributed by atoms with Crippen LogP contribution in [0.15, 0.2) is 12.7 Å². The van der Waals surface area contributed by atoms with E-state index in [0.29, 0.717) is 30.0 Å². The lowest BCUT2D eigenvalue weighted by Gasteiger charge is -2.07. The minimum atomic E-state index is -0.328. The number of hydrogen-bond acceptors (Lipinski definition) is 4. The fourth-order valence-electron chi connectivity index (χ4n) is 2.33. The zero-order valence-corrected chi connectivity index (χ0v) is 12.5. The first-order valence-corrected chi connectivity index (χ1v) is 7.71. The lowest BCUT2D eigenvalue weighted by atomic mass is 10.1. The van der Waals surface area contributed by atoms with E-state index < -0.39 is 0 Å². The molecule has 1 amide bonds. The fraction of sp³-hybridized carbons (Fsp3) is 0.467. The third-order valence-corrected chi connectivity index (χ3v) is 4.44. The van der Waals surface area contributed by atoms with E-state index in [1.165, 1.54) is 16.2 Å². The quantitative estimate of drug-likeness (QED) is 0.646. The van der Waals surface area contributed by atoms with E-state index in [1.807, 2.05) is 0 Å². The first kappa shape index (κ1) is 14.8. The second-order valence-electron chi connectivity index (χ2n) is 4.66. The summed E-state index contributed by atoms with van der Waals surface area (Å²) < 4.78 is 5.12. The van der Waals surface area contributed by atoms with Gasteiger partial charge in [-0.15, -0.1) is 17.9 Å². The van der Waals surface area contributed by atoms with Gasteiger partial charge in [0, 0.05) is 11.3 Å². The van der Waals surface area contributed by atoms with Gasteiger partial charge in [-0.05, 0) is 38.2 Å². The highest BCUT2D eigenvalue weighted by atomic mass is 32.1. The van der Waals surface area contributed by atoms with E-state index in [0.717, 1.165) is 24.8 Å². The van der Waals surface area contributed by atoms with Gasteiger partial charge >= 0.3 is 5.97 Å². The molecule has 1 heterocycles. The van der Waals surface area contributed by atoms with Gasteiger partial charge in [0.1, 0.15) is 5.00 Å². The van der Waals surface area contributed by atoms with E-state index in [2.05, 4.69) is 11.9 Å². The summed E-state index contributed by atoms with van der Waals surface area (Å²) in [5.41, 5.74) is 1.63. The van der Waals surface area contributed by atoms with Gasteiger partial charge in [-0.25, -0.2) is 4.79 Å². The van der Waals surface area contributed by atoms with E-state index in [-0.39, 0.29) is 11.9 Å². The lowest BCUT2D eigenvalue weighted by molar-refractivity contribution is -0.116. The number of carbonyl (C=O) groups excluding carboxylic acids is 2. The summed E-state index contributed by atoms with van der Waals surface area (Å²) in [7, 11) is 0. The molecular formula is C15H19NO3S. The van der Waals surface area contributed by atoms with Crippen LogP contribution in [0.4, 0.5) is 5.00 Å². The number of ether oxygens (including phenoxy) is 1.